The normalized spacial score (nSPS) is 11.9. The molecule has 0 unspecified atom stereocenters. The zero-order chi connectivity index (χ0) is 19.9. The van der Waals surface area contributed by atoms with Crippen LogP contribution in [0.25, 0.3) is 22.5 Å². The number of oxazole rings is 1. The second-order valence-corrected chi connectivity index (χ2v) is 5.76. The third kappa shape index (κ3) is 3.59. The average Bonchev–Trinajstić information content (AvgIpc) is 3.17. The van der Waals surface area contributed by atoms with Crippen LogP contribution in [-0.2, 0) is 6.54 Å². The maximum Gasteiger partial charge on any atom is 0.573 e. The van der Waals surface area contributed by atoms with E-state index in [1.807, 2.05) is 0 Å². The van der Waals surface area contributed by atoms with Crippen molar-refractivity contribution < 1.29 is 26.7 Å². The highest BCUT2D eigenvalue weighted by Crippen LogP contribution is 2.26. The molecule has 0 aliphatic rings. The molecule has 0 saturated carbocycles. The lowest BCUT2D eigenvalue weighted by Crippen LogP contribution is -2.17. The lowest BCUT2D eigenvalue weighted by molar-refractivity contribution is -0.274. The van der Waals surface area contributed by atoms with Gasteiger partial charge < -0.3 is 13.6 Å². The minimum atomic E-state index is -4.77. The van der Waals surface area contributed by atoms with E-state index in [1.165, 1.54) is 28.8 Å². The number of alkyl halides is 3. The quantitative estimate of drug-likeness (QED) is 0.526. The van der Waals surface area contributed by atoms with E-state index in [1.54, 1.807) is 19.1 Å². The van der Waals surface area contributed by atoms with Gasteiger partial charge in [0.1, 0.15) is 12.3 Å². The predicted octanol–water partition coefficient (Wildman–Crippen LogP) is 3.29. The Hall–Kier alpha value is -3.63. The van der Waals surface area contributed by atoms with Crippen molar-refractivity contribution in [2.75, 3.05) is 0 Å². The monoisotopic (exact) mass is 392 g/mol. The van der Waals surface area contributed by atoms with Crippen molar-refractivity contribution >= 4 is 11.2 Å². The minimum Gasteiger partial charge on any atom is -0.424 e. The van der Waals surface area contributed by atoms with Crippen LogP contribution in [0.4, 0.5) is 13.2 Å². The van der Waals surface area contributed by atoms with Crippen LogP contribution >= 0.6 is 0 Å². The molecule has 0 spiro atoms. The maximum atomic E-state index is 12.3. The third-order valence-corrected chi connectivity index (χ3v) is 3.76. The molecule has 0 N–H and O–H groups in total. The number of fused-ring (bicyclic) bond motifs is 1. The predicted molar refractivity (Wildman–Crippen MR) is 88.5 cm³/mol. The lowest BCUT2D eigenvalue weighted by atomic mass is 10.1. The summed E-state index contributed by atoms with van der Waals surface area (Å²) >= 11 is 0. The van der Waals surface area contributed by atoms with Crippen LogP contribution in [0.1, 0.15) is 11.8 Å². The van der Waals surface area contributed by atoms with Gasteiger partial charge in [0.15, 0.2) is 11.2 Å². The summed E-state index contributed by atoms with van der Waals surface area (Å²) in [5, 5.41) is 7.54. The van der Waals surface area contributed by atoms with Gasteiger partial charge in [0.25, 0.3) is 0 Å². The van der Waals surface area contributed by atoms with Gasteiger partial charge in [-0.25, -0.2) is 14.3 Å². The fourth-order valence-electron chi connectivity index (χ4n) is 2.61. The first-order valence-corrected chi connectivity index (χ1v) is 7.94. The van der Waals surface area contributed by atoms with E-state index in [0.717, 1.165) is 0 Å². The minimum absolute atomic E-state index is 0.0263. The molecule has 4 aromatic rings. The van der Waals surface area contributed by atoms with Crippen molar-refractivity contribution in [2.45, 2.75) is 19.8 Å². The first-order chi connectivity index (χ1) is 13.3. The highest BCUT2D eigenvalue weighted by molar-refractivity contribution is 5.73. The molecule has 1 aromatic carbocycles. The van der Waals surface area contributed by atoms with Crippen LogP contribution in [-0.4, -0.2) is 26.1 Å². The van der Waals surface area contributed by atoms with Crippen molar-refractivity contribution in [1.29, 1.82) is 0 Å². The van der Waals surface area contributed by atoms with E-state index in [2.05, 4.69) is 19.9 Å². The number of hydrogen-bond donors (Lipinski definition) is 0. The maximum absolute atomic E-state index is 12.3. The zero-order valence-electron chi connectivity index (χ0n) is 14.2. The van der Waals surface area contributed by atoms with E-state index in [4.69, 9.17) is 8.83 Å². The van der Waals surface area contributed by atoms with Crippen molar-refractivity contribution in [1.82, 2.24) is 19.7 Å². The Kier molecular flexibility index (Phi) is 4.13. The molecule has 3 heterocycles. The van der Waals surface area contributed by atoms with Gasteiger partial charge in [-0.3, -0.25) is 0 Å². The molecule has 0 atom stereocenters. The molecule has 0 aliphatic carbocycles. The highest BCUT2D eigenvalue weighted by atomic mass is 19.4. The number of ether oxygens (including phenoxy) is 1. The van der Waals surface area contributed by atoms with Crippen LogP contribution in [0.2, 0.25) is 0 Å². The van der Waals surface area contributed by atoms with Crippen LogP contribution in [0, 0.1) is 6.92 Å². The topological polar surface area (TPSA) is 96.2 Å². The molecule has 0 radical (unpaired) electrons. The molecule has 28 heavy (non-hydrogen) atoms. The Balaban J connectivity index is 1.69. The molecule has 0 amide bonds. The second kappa shape index (κ2) is 6.51. The molecular weight excluding hydrogens is 381 g/mol. The molecule has 8 nitrogen and oxygen atoms in total. The Labute approximate surface area is 154 Å². The fraction of sp³-hybridized carbons (Fsp3) is 0.176. The molecular formula is C17H11F3N4O4. The van der Waals surface area contributed by atoms with E-state index < -0.39 is 12.1 Å². The molecule has 4 rings (SSSR count). The van der Waals surface area contributed by atoms with Crippen LogP contribution in [0.5, 0.6) is 5.75 Å². The number of pyridine rings is 1. The lowest BCUT2D eigenvalue weighted by Gasteiger charge is -2.09. The molecule has 0 aliphatic heterocycles. The molecule has 0 saturated heterocycles. The van der Waals surface area contributed by atoms with Gasteiger partial charge >= 0.3 is 12.1 Å². The Morgan fingerprint density at radius 2 is 1.82 bits per heavy atom. The van der Waals surface area contributed by atoms with Gasteiger partial charge in [0.2, 0.25) is 11.8 Å². The van der Waals surface area contributed by atoms with Crippen LogP contribution in [0.3, 0.4) is 0 Å². The number of rotatable bonds is 4. The number of aromatic nitrogens is 4. The van der Waals surface area contributed by atoms with Crippen molar-refractivity contribution in [2.24, 2.45) is 0 Å². The number of aryl methyl sites for hydroxylation is 1. The fourth-order valence-corrected chi connectivity index (χ4v) is 2.61. The first-order valence-electron chi connectivity index (χ1n) is 7.94. The molecule has 0 fully saturated rings. The summed E-state index contributed by atoms with van der Waals surface area (Å²) < 4.78 is 52.3. The number of hydrogen-bond acceptors (Lipinski definition) is 7. The van der Waals surface area contributed by atoms with Gasteiger partial charge in [-0.05, 0) is 36.4 Å². The van der Waals surface area contributed by atoms with Gasteiger partial charge in [-0.15, -0.1) is 23.4 Å². The van der Waals surface area contributed by atoms with Gasteiger partial charge in [-0.2, -0.15) is 0 Å². The summed E-state index contributed by atoms with van der Waals surface area (Å²) in [6.07, 6.45) is -4.77. The van der Waals surface area contributed by atoms with Crippen LogP contribution < -0.4 is 10.5 Å². The number of nitrogens with zero attached hydrogens (tertiary/aromatic N) is 4. The Morgan fingerprint density at radius 1 is 1.07 bits per heavy atom. The van der Waals surface area contributed by atoms with E-state index in [0.29, 0.717) is 17.1 Å². The van der Waals surface area contributed by atoms with Crippen molar-refractivity contribution in [3.63, 3.8) is 0 Å². The summed E-state index contributed by atoms with van der Waals surface area (Å²) in [5.41, 5.74) is 1.46. The van der Waals surface area contributed by atoms with Crippen LogP contribution in [0.15, 0.2) is 50.0 Å². The average molecular weight is 392 g/mol. The molecule has 144 valence electrons. The van der Waals surface area contributed by atoms with Gasteiger partial charge in [0, 0.05) is 12.5 Å². The van der Waals surface area contributed by atoms with E-state index in [-0.39, 0.29) is 29.4 Å². The summed E-state index contributed by atoms with van der Waals surface area (Å²) in [7, 11) is 0. The summed E-state index contributed by atoms with van der Waals surface area (Å²) in [6.45, 7) is 1.59. The standard InChI is InChI=1S/C17H11F3N4O4/c1-9-22-23-14(26-9)8-24-15-13(27-16(24)25)7-6-12(21-15)10-2-4-11(5-3-10)28-17(18,19)20/h2-7H,8H2,1H3. The summed E-state index contributed by atoms with van der Waals surface area (Å²) in [6, 6.07) is 8.36. The third-order valence-electron chi connectivity index (χ3n) is 3.76. The Bertz CT molecular complexity index is 1190. The zero-order valence-corrected chi connectivity index (χ0v) is 14.2. The first kappa shape index (κ1) is 17.8. The highest BCUT2D eigenvalue weighted by Gasteiger charge is 2.31. The van der Waals surface area contributed by atoms with Gasteiger partial charge in [0.05, 0.1) is 5.69 Å². The molecule has 0 bridgehead atoms. The van der Waals surface area contributed by atoms with E-state index >= 15 is 0 Å². The number of halogens is 3. The Morgan fingerprint density at radius 3 is 2.46 bits per heavy atom. The van der Waals surface area contributed by atoms with Crippen molar-refractivity contribution in [3.8, 4) is 17.0 Å². The molecule has 11 heteroatoms. The SMILES string of the molecule is Cc1nnc(Cn2c(=O)oc3ccc(-c4ccc(OC(F)(F)F)cc4)nc32)o1. The van der Waals surface area contributed by atoms with E-state index in [9.17, 15) is 18.0 Å². The smallest absolute Gasteiger partial charge is 0.424 e. The second-order valence-electron chi connectivity index (χ2n) is 5.76. The molecule has 3 aromatic heterocycles. The van der Waals surface area contributed by atoms with Crippen molar-refractivity contribution in [3.05, 3.63) is 58.7 Å². The summed E-state index contributed by atoms with van der Waals surface area (Å²) in [5.74, 6) is -0.428. The van der Waals surface area contributed by atoms with Gasteiger partial charge in [-0.1, -0.05) is 0 Å². The summed E-state index contributed by atoms with van der Waals surface area (Å²) in [4.78, 5) is 16.5. The largest absolute Gasteiger partial charge is 0.573 e. The number of benzene rings is 1.